The molecule has 2 aromatic rings. The summed E-state index contributed by atoms with van der Waals surface area (Å²) in [5.74, 6) is -0.591. The number of nitrogens with one attached hydrogen (secondary N) is 1. The first-order valence-corrected chi connectivity index (χ1v) is 8.02. The van der Waals surface area contributed by atoms with Crippen molar-refractivity contribution in [2.75, 3.05) is 11.9 Å². The Bertz CT molecular complexity index is 759. The van der Waals surface area contributed by atoms with Crippen molar-refractivity contribution < 1.29 is 14.6 Å². The minimum Gasteiger partial charge on any atom is -0.478 e. The summed E-state index contributed by atoms with van der Waals surface area (Å²) in [4.78, 5) is 11.0. The van der Waals surface area contributed by atoms with Crippen LogP contribution in [0.2, 0.25) is 5.02 Å². The molecule has 3 unspecified atom stereocenters. The molecule has 0 radical (unpaired) electrons. The molecule has 1 saturated heterocycles. The van der Waals surface area contributed by atoms with Crippen molar-refractivity contribution in [3.05, 3.63) is 64.2 Å². The Morgan fingerprint density at radius 1 is 1.22 bits per heavy atom. The predicted molar refractivity (Wildman–Crippen MR) is 88.0 cm³/mol. The normalized spacial score (nSPS) is 25.3. The summed E-state index contributed by atoms with van der Waals surface area (Å²) in [5, 5.41) is 13.3. The highest BCUT2D eigenvalue weighted by Gasteiger charge is 2.41. The van der Waals surface area contributed by atoms with Gasteiger partial charge < -0.3 is 15.2 Å². The summed E-state index contributed by atoms with van der Waals surface area (Å²) < 4.78 is 5.96. The molecule has 1 fully saturated rings. The Hall–Kier alpha value is -2.04. The molecule has 2 heterocycles. The predicted octanol–water partition coefficient (Wildman–Crippen LogP) is 4.28. The summed E-state index contributed by atoms with van der Waals surface area (Å²) in [5.41, 5.74) is 3.52. The van der Waals surface area contributed by atoms with Gasteiger partial charge in [0.15, 0.2) is 0 Å². The van der Waals surface area contributed by atoms with Gasteiger partial charge in [-0.15, -0.1) is 0 Å². The average molecular weight is 330 g/mol. The monoisotopic (exact) mass is 329 g/mol. The number of carboxylic acids is 1. The van der Waals surface area contributed by atoms with Crippen LogP contribution < -0.4 is 5.32 Å². The van der Waals surface area contributed by atoms with Gasteiger partial charge in [0, 0.05) is 28.8 Å². The second kappa shape index (κ2) is 5.55. The highest BCUT2D eigenvalue weighted by atomic mass is 35.5. The molecular weight excluding hydrogens is 314 g/mol. The minimum absolute atomic E-state index is 0.0362. The molecule has 4 rings (SSSR count). The molecule has 3 atom stereocenters. The van der Waals surface area contributed by atoms with Crippen LogP contribution in [0.4, 0.5) is 5.69 Å². The summed E-state index contributed by atoms with van der Waals surface area (Å²) in [6.07, 6.45) is 1.00. The molecule has 118 valence electrons. The Morgan fingerprint density at radius 3 is 2.74 bits per heavy atom. The lowest BCUT2D eigenvalue weighted by atomic mass is 9.81. The lowest BCUT2D eigenvalue weighted by molar-refractivity contribution is 0.0696. The average Bonchev–Trinajstić information content (AvgIpc) is 3.04. The number of carbonyl (C=O) groups is 1. The zero-order valence-electron chi connectivity index (χ0n) is 12.3. The maximum absolute atomic E-state index is 11.0. The number of hydrogen-bond donors (Lipinski definition) is 2. The van der Waals surface area contributed by atoms with E-state index in [1.54, 1.807) is 12.1 Å². The fourth-order valence-electron chi connectivity index (χ4n) is 3.61. The van der Waals surface area contributed by atoms with Crippen molar-refractivity contribution in [2.45, 2.75) is 18.6 Å². The first kappa shape index (κ1) is 14.5. The molecule has 2 aromatic carbocycles. The second-order valence-corrected chi connectivity index (χ2v) is 6.46. The van der Waals surface area contributed by atoms with E-state index in [9.17, 15) is 4.79 Å². The third kappa shape index (κ3) is 2.48. The molecular formula is C18H16ClNO3. The van der Waals surface area contributed by atoms with Crippen LogP contribution in [0.1, 0.15) is 40.1 Å². The Labute approximate surface area is 139 Å². The van der Waals surface area contributed by atoms with Gasteiger partial charge in [-0.2, -0.15) is 0 Å². The van der Waals surface area contributed by atoms with Gasteiger partial charge in [0.05, 0.1) is 17.7 Å². The van der Waals surface area contributed by atoms with Crippen LogP contribution in [0.25, 0.3) is 0 Å². The van der Waals surface area contributed by atoms with Crippen LogP contribution >= 0.6 is 11.6 Å². The Morgan fingerprint density at radius 2 is 2.00 bits per heavy atom. The van der Waals surface area contributed by atoms with E-state index in [1.807, 2.05) is 30.3 Å². The van der Waals surface area contributed by atoms with E-state index in [1.165, 1.54) is 0 Å². The third-order valence-corrected chi connectivity index (χ3v) is 4.95. The summed E-state index contributed by atoms with van der Waals surface area (Å²) in [6, 6.07) is 13.0. The van der Waals surface area contributed by atoms with Gasteiger partial charge in [-0.25, -0.2) is 4.79 Å². The van der Waals surface area contributed by atoms with E-state index in [0.29, 0.717) is 16.5 Å². The highest BCUT2D eigenvalue weighted by molar-refractivity contribution is 6.30. The van der Waals surface area contributed by atoms with Crippen molar-refractivity contribution in [1.82, 2.24) is 0 Å². The third-order valence-electron chi connectivity index (χ3n) is 4.71. The number of carboxylic acid groups (broad SMARTS) is 1. The number of hydrogen-bond acceptors (Lipinski definition) is 3. The molecule has 0 spiro atoms. The maximum atomic E-state index is 11.0. The SMILES string of the molecule is O=C(O)c1ccc(C2Nc3ccc(Cl)cc3C3OCCC23)cc1. The van der Waals surface area contributed by atoms with Gasteiger partial charge in [-0.05, 0) is 42.3 Å². The van der Waals surface area contributed by atoms with Gasteiger partial charge in [0.2, 0.25) is 0 Å². The highest BCUT2D eigenvalue weighted by Crippen LogP contribution is 2.50. The van der Waals surface area contributed by atoms with Gasteiger partial charge >= 0.3 is 5.97 Å². The second-order valence-electron chi connectivity index (χ2n) is 6.02. The number of aromatic carboxylic acids is 1. The Balaban J connectivity index is 1.72. The molecule has 0 saturated carbocycles. The van der Waals surface area contributed by atoms with Gasteiger partial charge in [0.25, 0.3) is 0 Å². The van der Waals surface area contributed by atoms with Crippen molar-refractivity contribution in [2.24, 2.45) is 5.92 Å². The number of anilines is 1. The Kier molecular flexibility index (Phi) is 3.51. The lowest BCUT2D eigenvalue weighted by Crippen LogP contribution is -2.29. The molecule has 0 bridgehead atoms. The molecule has 2 aliphatic heterocycles. The van der Waals surface area contributed by atoms with E-state index < -0.39 is 5.97 Å². The molecule has 0 amide bonds. The summed E-state index contributed by atoms with van der Waals surface area (Å²) in [6.45, 7) is 0.729. The molecule has 2 aliphatic rings. The fraction of sp³-hybridized carbons (Fsp3) is 0.278. The van der Waals surface area contributed by atoms with Gasteiger partial charge in [-0.1, -0.05) is 23.7 Å². The van der Waals surface area contributed by atoms with Crippen LogP contribution in [0.15, 0.2) is 42.5 Å². The van der Waals surface area contributed by atoms with E-state index >= 15 is 0 Å². The lowest BCUT2D eigenvalue weighted by Gasteiger charge is -2.36. The smallest absolute Gasteiger partial charge is 0.335 e. The molecule has 2 N–H and O–H groups in total. The molecule has 0 aromatic heterocycles. The molecule has 0 aliphatic carbocycles. The zero-order chi connectivity index (χ0) is 16.0. The first-order valence-electron chi connectivity index (χ1n) is 7.64. The molecule has 23 heavy (non-hydrogen) atoms. The quantitative estimate of drug-likeness (QED) is 0.863. The van der Waals surface area contributed by atoms with E-state index in [-0.39, 0.29) is 12.1 Å². The summed E-state index contributed by atoms with van der Waals surface area (Å²) >= 11 is 6.13. The minimum atomic E-state index is -0.907. The standard InChI is InChI=1S/C18H16ClNO3/c19-12-5-6-15-14(9-12)17-13(7-8-23-17)16(20-15)10-1-3-11(4-2-10)18(21)22/h1-6,9,13,16-17,20H,7-8H2,(H,21,22). The van der Waals surface area contributed by atoms with Gasteiger partial charge in [0.1, 0.15) is 0 Å². The largest absolute Gasteiger partial charge is 0.478 e. The van der Waals surface area contributed by atoms with Gasteiger partial charge in [-0.3, -0.25) is 0 Å². The maximum Gasteiger partial charge on any atom is 0.335 e. The van der Waals surface area contributed by atoms with Crippen molar-refractivity contribution >= 4 is 23.3 Å². The number of rotatable bonds is 2. The fourth-order valence-corrected chi connectivity index (χ4v) is 3.79. The van der Waals surface area contributed by atoms with Crippen LogP contribution in [0.5, 0.6) is 0 Å². The summed E-state index contributed by atoms with van der Waals surface area (Å²) in [7, 11) is 0. The van der Waals surface area contributed by atoms with E-state index in [4.69, 9.17) is 21.4 Å². The zero-order valence-corrected chi connectivity index (χ0v) is 13.1. The van der Waals surface area contributed by atoms with Crippen LogP contribution in [-0.4, -0.2) is 17.7 Å². The number of ether oxygens (including phenoxy) is 1. The van der Waals surface area contributed by atoms with Crippen LogP contribution in [0, 0.1) is 5.92 Å². The first-order chi connectivity index (χ1) is 11.1. The number of fused-ring (bicyclic) bond motifs is 3. The number of halogens is 1. The molecule has 5 heteroatoms. The number of benzene rings is 2. The van der Waals surface area contributed by atoms with E-state index in [0.717, 1.165) is 29.8 Å². The van der Waals surface area contributed by atoms with Crippen molar-refractivity contribution in [3.8, 4) is 0 Å². The van der Waals surface area contributed by atoms with Crippen LogP contribution in [-0.2, 0) is 4.74 Å². The topological polar surface area (TPSA) is 58.6 Å². The van der Waals surface area contributed by atoms with Crippen molar-refractivity contribution in [3.63, 3.8) is 0 Å². The molecule has 4 nitrogen and oxygen atoms in total. The van der Waals surface area contributed by atoms with Crippen LogP contribution in [0.3, 0.4) is 0 Å². The van der Waals surface area contributed by atoms with Crippen molar-refractivity contribution in [1.29, 1.82) is 0 Å². The van der Waals surface area contributed by atoms with E-state index in [2.05, 4.69) is 5.32 Å².